The zero-order valence-corrected chi connectivity index (χ0v) is 19.7. The summed E-state index contributed by atoms with van der Waals surface area (Å²) in [5.74, 6) is 0.376. The number of benzene rings is 3. The first kappa shape index (κ1) is 23.3. The number of halogens is 2. The Morgan fingerprint density at radius 1 is 1.09 bits per heavy atom. The average molecular weight is 495 g/mol. The number of fused-ring (bicyclic) bond motifs is 1. The molecule has 1 fully saturated rings. The van der Waals surface area contributed by atoms with E-state index >= 15 is 0 Å². The van der Waals surface area contributed by atoms with E-state index in [1.54, 1.807) is 18.2 Å². The molecule has 2 N–H and O–H groups in total. The number of nitrogens with one attached hydrogen (secondary N) is 1. The van der Waals surface area contributed by atoms with Crippen molar-refractivity contribution in [1.29, 1.82) is 0 Å². The van der Waals surface area contributed by atoms with Crippen LogP contribution in [0.1, 0.15) is 21.7 Å². The number of thiophene rings is 1. The fraction of sp³-hybridized carbons (Fsp3) is 0.222. The number of ketones is 1. The Morgan fingerprint density at radius 2 is 1.83 bits per heavy atom. The summed E-state index contributed by atoms with van der Waals surface area (Å²) in [6.07, 6.45) is 0.571. The zero-order chi connectivity index (χ0) is 24.4. The lowest BCUT2D eigenvalue weighted by Crippen LogP contribution is -2.54. The minimum atomic E-state index is -0.414. The summed E-state index contributed by atoms with van der Waals surface area (Å²) >= 11 is 1.22. The zero-order valence-electron chi connectivity index (χ0n) is 18.8. The highest BCUT2D eigenvalue weighted by Crippen LogP contribution is 2.42. The highest BCUT2D eigenvalue weighted by atomic mass is 32.1. The van der Waals surface area contributed by atoms with Crippen LogP contribution < -0.4 is 10.1 Å². The molecule has 1 aromatic heterocycles. The van der Waals surface area contributed by atoms with E-state index in [4.69, 9.17) is 4.74 Å². The van der Waals surface area contributed by atoms with Crippen LogP contribution in [0.25, 0.3) is 10.1 Å². The maximum atomic E-state index is 13.4. The van der Waals surface area contributed by atoms with Gasteiger partial charge in [0.15, 0.2) is 5.75 Å². The first-order valence-corrected chi connectivity index (χ1v) is 12.2. The number of aromatic hydroxyl groups is 1. The summed E-state index contributed by atoms with van der Waals surface area (Å²) in [5, 5.41) is 14.1. The standard InChI is InChI=1S/C27H24F2N2O3S/c28-12-1-13-31-15-20(16-31)30-19-6-9-22(10-7-19)34-26-23-11-8-21(32)14-24(23)35-27(26)25(33)17-2-4-18(29)5-3-17/h2-11,14,20,30,32H,1,12-13,15-16H2. The molecule has 2 heterocycles. The summed E-state index contributed by atoms with van der Waals surface area (Å²) in [4.78, 5) is 15.8. The van der Waals surface area contributed by atoms with Crippen LogP contribution in [0.3, 0.4) is 0 Å². The monoisotopic (exact) mass is 494 g/mol. The molecule has 3 aromatic carbocycles. The highest BCUT2D eigenvalue weighted by molar-refractivity contribution is 7.21. The van der Waals surface area contributed by atoms with E-state index < -0.39 is 5.82 Å². The van der Waals surface area contributed by atoms with E-state index in [0.717, 1.165) is 25.3 Å². The van der Waals surface area contributed by atoms with Crippen LogP contribution in [-0.4, -0.2) is 48.1 Å². The molecule has 1 saturated heterocycles. The molecule has 0 aliphatic carbocycles. The number of phenols is 1. The van der Waals surface area contributed by atoms with Crippen LogP contribution in [-0.2, 0) is 0 Å². The van der Waals surface area contributed by atoms with Gasteiger partial charge in [0, 0.05) is 41.0 Å². The van der Waals surface area contributed by atoms with Crippen LogP contribution in [0.5, 0.6) is 17.2 Å². The van der Waals surface area contributed by atoms with Crippen molar-refractivity contribution in [2.24, 2.45) is 0 Å². The minimum Gasteiger partial charge on any atom is -0.508 e. The van der Waals surface area contributed by atoms with E-state index in [0.29, 0.717) is 44.5 Å². The number of hydrogen-bond donors (Lipinski definition) is 2. The second-order valence-corrected chi connectivity index (χ2v) is 9.60. The molecule has 180 valence electrons. The van der Waals surface area contributed by atoms with Gasteiger partial charge in [-0.15, -0.1) is 11.3 Å². The second-order valence-electron chi connectivity index (χ2n) is 8.55. The molecule has 0 radical (unpaired) electrons. The Kier molecular flexibility index (Phi) is 6.66. The lowest BCUT2D eigenvalue weighted by Gasteiger charge is -2.40. The van der Waals surface area contributed by atoms with Gasteiger partial charge in [-0.2, -0.15) is 0 Å². The van der Waals surface area contributed by atoms with Gasteiger partial charge in [0.1, 0.15) is 22.2 Å². The molecular formula is C27H24F2N2O3S. The van der Waals surface area contributed by atoms with Gasteiger partial charge in [-0.3, -0.25) is 14.1 Å². The van der Waals surface area contributed by atoms with Crippen molar-refractivity contribution in [3.8, 4) is 17.2 Å². The van der Waals surface area contributed by atoms with Crippen LogP contribution in [0.2, 0.25) is 0 Å². The van der Waals surface area contributed by atoms with Crippen molar-refractivity contribution in [3.05, 3.63) is 83.0 Å². The van der Waals surface area contributed by atoms with Crippen molar-refractivity contribution in [2.45, 2.75) is 12.5 Å². The topological polar surface area (TPSA) is 61.8 Å². The van der Waals surface area contributed by atoms with E-state index in [2.05, 4.69) is 10.2 Å². The molecule has 1 aliphatic rings. The molecule has 8 heteroatoms. The smallest absolute Gasteiger partial charge is 0.206 e. The Morgan fingerprint density at radius 3 is 2.54 bits per heavy atom. The number of nitrogens with zero attached hydrogens (tertiary/aromatic N) is 1. The van der Waals surface area contributed by atoms with Gasteiger partial charge in [-0.1, -0.05) is 0 Å². The van der Waals surface area contributed by atoms with Crippen molar-refractivity contribution in [2.75, 3.05) is 31.6 Å². The third-order valence-electron chi connectivity index (χ3n) is 5.95. The average Bonchev–Trinajstić information content (AvgIpc) is 3.18. The predicted octanol–water partition coefficient (Wildman–Crippen LogP) is 6.23. The number of phenolic OH excluding ortho intramolecular Hbond substituents is 1. The van der Waals surface area contributed by atoms with E-state index in [-0.39, 0.29) is 18.2 Å². The Bertz CT molecular complexity index is 1330. The second kappa shape index (κ2) is 10.0. The maximum absolute atomic E-state index is 13.4. The fourth-order valence-electron chi connectivity index (χ4n) is 4.14. The number of carbonyl (C=O) groups excluding carboxylic acids is 1. The fourth-order valence-corrected chi connectivity index (χ4v) is 5.27. The molecule has 5 rings (SSSR count). The van der Waals surface area contributed by atoms with Gasteiger partial charge in [-0.05, 0) is 73.2 Å². The van der Waals surface area contributed by atoms with E-state index in [1.165, 1.54) is 35.6 Å². The molecule has 4 aromatic rings. The number of carbonyl (C=O) groups is 1. The van der Waals surface area contributed by atoms with Crippen LogP contribution >= 0.6 is 11.3 Å². The number of anilines is 1. The van der Waals surface area contributed by atoms with E-state index in [9.17, 15) is 18.7 Å². The summed E-state index contributed by atoms with van der Waals surface area (Å²) < 4.78 is 32.6. The third-order valence-corrected chi connectivity index (χ3v) is 7.08. The van der Waals surface area contributed by atoms with Gasteiger partial charge in [0.25, 0.3) is 0 Å². The first-order chi connectivity index (χ1) is 17.0. The number of ether oxygens (including phenoxy) is 1. The first-order valence-electron chi connectivity index (χ1n) is 11.4. The Hall–Kier alpha value is -3.49. The highest BCUT2D eigenvalue weighted by Gasteiger charge is 2.26. The van der Waals surface area contributed by atoms with Crippen LogP contribution in [0.15, 0.2) is 66.7 Å². The Balaban J connectivity index is 1.35. The summed E-state index contributed by atoms with van der Waals surface area (Å²) in [6.45, 7) is 2.28. The quantitative estimate of drug-likeness (QED) is 0.270. The van der Waals surface area contributed by atoms with Crippen molar-refractivity contribution < 1.29 is 23.4 Å². The molecule has 35 heavy (non-hydrogen) atoms. The molecule has 5 nitrogen and oxygen atoms in total. The predicted molar refractivity (Wildman–Crippen MR) is 134 cm³/mol. The van der Waals surface area contributed by atoms with Gasteiger partial charge in [0.2, 0.25) is 5.78 Å². The molecule has 0 atom stereocenters. The lowest BCUT2D eigenvalue weighted by atomic mass is 10.1. The normalized spacial score (nSPS) is 14.1. The SMILES string of the molecule is O=C(c1ccc(F)cc1)c1sc2cc(O)ccc2c1Oc1ccc(NC2CN(CCCF)C2)cc1. The Labute approximate surface area is 205 Å². The number of hydrogen-bond acceptors (Lipinski definition) is 6. The molecule has 0 saturated carbocycles. The van der Waals surface area contributed by atoms with Gasteiger partial charge >= 0.3 is 0 Å². The van der Waals surface area contributed by atoms with Crippen molar-refractivity contribution in [1.82, 2.24) is 4.90 Å². The summed E-state index contributed by atoms with van der Waals surface area (Å²) in [6, 6.07) is 18.1. The van der Waals surface area contributed by atoms with Crippen LogP contribution in [0.4, 0.5) is 14.5 Å². The molecule has 1 aliphatic heterocycles. The largest absolute Gasteiger partial charge is 0.508 e. The van der Waals surface area contributed by atoms with Gasteiger partial charge < -0.3 is 15.2 Å². The maximum Gasteiger partial charge on any atom is 0.206 e. The molecule has 0 spiro atoms. The molecule has 0 bridgehead atoms. The van der Waals surface area contributed by atoms with Gasteiger partial charge in [0.05, 0.1) is 12.7 Å². The lowest BCUT2D eigenvalue weighted by molar-refractivity contribution is 0.104. The van der Waals surface area contributed by atoms with Gasteiger partial charge in [-0.25, -0.2) is 4.39 Å². The molecular weight excluding hydrogens is 470 g/mol. The molecule has 0 unspecified atom stereocenters. The van der Waals surface area contributed by atoms with E-state index in [1.807, 2.05) is 24.3 Å². The van der Waals surface area contributed by atoms with Crippen molar-refractivity contribution in [3.63, 3.8) is 0 Å². The summed E-state index contributed by atoms with van der Waals surface area (Å²) in [7, 11) is 0. The van der Waals surface area contributed by atoms with Crippen LogP contribution in [0, 0.1) is 5.82 Å². The molecule has 0 amide bonds. The summed E-state index contributed by atoms with van der Waals surface area (Å²) in [5.41, 5.74) is 1.31. The number of rotatable bonds is 9. The number of likely N-dealkylation sites (tertiary alicyclic amines) is 1. The minimum absolute atomic E-state index is 0.0979. The number of alkyl halides is 1. The van der Waals surface area contributed by atoms with Crippen molar-refractivity contribution >= 4 is 32.9 Å². The third kappa shape index (κ3) is 5.13.